The Kier molecular flexibility index (Phi) is 4.59. The molecule has 9 heteroatoms. The van der Waals surface area contributed by atoms with E-state index in [1.807, 2.05) is 0 Å². The molecule has 2 rings (SSSR count). The van der Waals surface area contributed by atoms with Crippen molar-refractivity contribution in [1.29, 1.82) is 0 Å². The lowest BCUT2D eigenvalue weighted by molar-refractivity contribution is 0.0701. The number of anilines is 1. The Labute approximate surface area is 139 Å². The smallest absolute Gasteiger partial charge is 0.346 e. The van der Waals surface area contributed by atoms with Crippen LogP contribution in [0.5, 0.6) is 0 Å². The van der Waals surface area contributed by atoms with E-state index < -0.39 is 21.8 Å². The molecule has 0 aliphatic heterocycles. The Bertz CT molecular complexity index is 848. The third kappa shape index (κ3) is 3.01. The van der Waals surface area contributed by atoms with E-state index in [-0.39, 0.29) is 14.8 Å². The van der Waals surface area contributed by atoms with Gasteiger partial charge in [-0.05, 0) is 36.8 Å². The van der Waals surface area contributed by atoms with Crippen molar-refractivity contribution in [3.8, 4) is 0 Å². The van der Waals surface area contributed by atoms with E-state index >= 15 is 0 Å². The third-order valence-electron chi connectivity index (χ3n) is 2.95. The number of sulfonamides is 1. The van der Waals surface area contributed by atoms with Gasteiger partial charge in [-0.3, -0.25) is 4.31 Å². The molecule has 0 amide bonds. The molecule has 0 aliphatic carbocycles. The number of nitrogens with zero attached hydrogens (tertiary/aromatic N) is 1. The minimum absolute atomic E-state index is 0.0525. The van der Waals surface area contributed by atoms with Crippen molar-refractivity contribution in [2.45, 2.75) is 11.1 Å². The molecule has 5 nitrogen and oxygen atoms in total. The summed E-state index contributed by atoms with van der Waals surface area (Å²) in [5.41, 5.74) is 0.229. The van der Waals surface area contributed by atoms with Crippen molar-refractivity contribution in [3.05, 3.63) is 45.0 Å². The Hall–Kier alpha value is -1.45. The van der Waals surface area contributed by atoms with Crippen molar-refractivity contribution in [2.75, 3.05) is 11.4 Å². The second kappa shape index (κ2) is 5.98. The number of carboxylic acids is 1. The zero-order valence-electron chi connectivity index (χ0n) is 11.5. The molecule has 1 aromatic carbocycles. The highest BCUT2D eigenvalue weighted by atomic mass is 79.9. The first-order valence-corrected chi connectivity index (χ1v) is 8.97. The highest BCUT2D eigenvalue weighted by molar-refractivity contribution is 9.10. The van der Waals surface area contributed by atoms with E-state index in [0.717, 1.165) is 10.4 Å². The van der Waals surface area contributed by atoms with Gasteiger partial charge < -0.3 is 5.11 Å². The molecule has 1 heterocycles. The van der Waals surface area contributed by atoms with E-state index in [1.165, 1.54) is 32.2 Å². The fourth-order valence-corrected chi connectivity index (χ4v) is 4.88. The molecule has 0 spiro atoms. The van der Waals surface area contributed by atoms with Crippen LogP contribution in [0.2, 0.25) is 0 Å². The number of rotatable bonds is 4. The van der Waals surface area contributed by atoms with E-state index in [1.54, 1.807) is 0 Å². The number of carbonyl (C=O) groups is 1. The summed E-state index contributed by atoms with van der Waals surface area (Å²) in [7, 11) is -2.81. The normalized spacial score (nSPS) is 11.5. The summed E-state index contributed by atoms with van der Waals surface area (Å²) in [6.07, 6.45) is 0. The molecule has 0 saturated heterocycles. The van der Waals surface area contributed by atoms with Crippen molar-refractivity contribution in [3.63, 3.8) is 0 Å². The van der Waals surface area contributed by atoms with Gasteiger partial charge >= 0.3 is 5.97 Å². The molecular formula is C13H11BrFNO4S2. The van der Waals surface area contributed by atoms with Crippen molar-refractivity contribution in [2.24, 2.45) is 0 Å². The molecule has 0 radical (unpaired) electrons. The average Bonchev–Trinajstić information content (AvgIpc) is 2.81. The van der Waals surface area contributed by atoms with Crippen LogP contribution in [0.3, 0.4) is 0 Å². The van der Waals surface area contributed by atoms with Crippen LogP contribution in [0.4, 0.5) is 10.1 Å². The van der Waals surface area contributed by atoms with Gasteiger partial charge in [-0.2, -0.15) is 0 Å². The van der Waals surface area contributed by atoms with Crippen molar-refractivity contribution >= 4 is 48.9 Å². The van der Waals surface area contributed by atoms with Crippen LogP contribution in [-0.4, -0.2) is 26.5 Å². The zero-order valence-corrected chi connectivity index (χ0v) is 14.7. The number of aryl methyl sites for hydroxylation is 1. The van der Waals surface area contributed by atoms with Gasteiger partial charge in [0.25, 0.3) is 10.0 Å². The topological polar surface area (TPSA) is 74.7 Å². The summed E-state index contributed by atoms with van der Waals surface area (Å²) in [6.45, 7) is 1.51. The molecule has 0 aliphatic rings. The minimum Gasteiger partial charge on any atom is -0.477 e. The fraction of sp³-hybridized carbons (Fsp3) is 0.154. The largest absolute Gasteiger partial charge is 0.477 e. The van der Waals surface area contributed by atoms with Crippen molar-refractivity contribution < 1.29 is 22.7 Å². The van der Waals surface area contributed by atoms with Crippen LogP contribution in [0.1, 0.15) is 15.2 Å². The van der Waals surface area contributed by atoms with Gasteiger partial charge in [-0.25, -0.2) is 17.6 Å². The first kappa shape index (κ1) is 16.9. The van der Waals surface area contributed by atoms with Gasteiger partial charge in [-0.1, -0.05) is 15.9 Å². The van der Waals surface area contributed by atoms with Gasteiger partial charge in [0, 0.05) is 11.5 Å². The summed E-state index contributed by atoms with van der Waals surface area (Å²) in [5, 5.41) is 9.01. The van der Waals surface area contributed by atoms with E-state index in [9.17, 15) is 17.6 Å². The molecule has 0 saturated carbocycles. The van der Waals surface area contributed by atoms with Gasteiger partial charge in [0.2, 0.25) is 0 Å². The van der Waals surface area contributed by atoms with Crippen LogP contribution in [0.25, 0.3) is 0 Å². The summed E-state index contributed by atoms with van der Waals surface area (Å²) >= 11 is 3.74. The molecule has 1 aromatic heterocycles. The molecular weight excluding hydrogens is 397 g/mol. The van der Waals surface area contributed by atoms with Crippen molar-refractivity contribution in [1.82, 2.24) is 0 Å². The maximum Gasteiger partial charge on any atom is 0.346 e. The van der Waals surface area contributed by atoms with Gasteiger partial charge in [0.1, 0.15) is 14.9 Å². The maximum atomic E-state index is 13.9. The number of carboxylic acid groups (broad SMARTS) is 1. The highest BCUT2D eigenvalue weighted by Crippen LogP contribution is 2.32. The van der Waals surface area contributed by atoms with E-state index in [0.29, 0.717) is 21.4 Å². The van der Waals surface area contributed by atoms with Crippen LogP contribution in [0, 0.1) is 12.7 Å². The number of halogens is 2. The standard InChI is InChI=1S/C13H11BrFNO4S2/c1-7-5-11(21-12(7)13(17)18)22(19,20)16(2)10-4-3-8(14)6-9(10)15/h3-6H,1-2H3,(H,17,18). The summed E-state index contributed by atoms with van der Waals surface area (Å²) < 4.78 is 40.1. The molecule has 0 unspecified atom stereocenters. The fourth-order valence-electron chi connectivity index (χ4n) is 1.79. The number of hydrogen-bond donors (Lipinski definition) is 1. The number of hydrogen-bond acceptors (Lipinski definition) is 4. The molecule has 22 heavy (non-hydrogen) atoms. The molecule has 0 atom stereocenters. The number of thiophene rings is 1. The summed E-state index contributed by atoms with van der Waals surface area (Å²) in [5.74, 6) is -1.89. The monoisotopic (exact) mass is 407 g/mol. The second-order valence-electron chi connectivity index (χ2n) is 4.45. The summed E-state index contributed by atoms with van der Waals surface area (Å²) in [4.78, 5) is 11.0. The van der Waals surface area contributed by atoms with Gasteiger partial charge in [0.15, 0.2) is 0 Å². The van der Waals surface area contributed by atoms with Crippen LogP contribution in [-0.2, 0) is 10.0 Å². The van der Waals surface area contributed by atoms with Crippen LogP contribution in [0.15, 0.2) is 32.9 Å². The first-order chi connectivity index (χ1) is 10.1. The zero-order chi connectivity index (χ0) is 16.7. The lowest BCUT2D eigenvalue weighted by Gasteiger charge is -2.19. The van der Waals surface area contributed by atoms with Crippen LogP contribution < -0.4 is 4.31 Å². The maximum absolute atomic E-state index is 13.9. The molecule has 1 N–H and O–H groups in total. The number of benzene rings is 1. The lowest BCUT2D eigenvalue weighted by Crippen LogP contribution is -2.26. The molecule has 0 bridgehead atoms. The average molecular weight is 408 g/mol. The first-order valence-electron chi connectivity index (χ1n) is 5.92. The third-order valence-corrected chi connectivity index (χ3v) is 6.89. The molecule has 118 valence electrons. The highest BCUT2D eigenvalue weighted by Gasteiger charge is 2.27. The van der Waals surface area contributed by atoms with Gasteiger partial charge in [-0.15, -0.1) is 11.3 Å². The summed E-state index contributed by atoms with van der Waals surface area (Å²) in [6, 6.07) is 5.28. The Balaban J connectivity index is 2.50. The predicted octanol–water partition coefficient (Wildman–Crippen LogP) is 3.48. The van der Waals surface area contributed by atoms with Crippen LogP contribution >= 0.6 is 27.3 Å². The number of aromatic carboxylic acids is 1. The van der Waals surface area contributed by atoms with E-state index in [4.69, 9.17) is 5.11 Å². The molecule has 0 fully saturated rings. The van der Waals surface area contributed by atoms with Gasteiger partial charge in [0.05, 0.1) is 5.69 Å². The Morgan fingerprint density at radius 1 is 1.36 bits per heavy atom. The van der Waals surface area contributed by atoms with E-state index in [2.05, 4.69) is 15.9 Å². The Morgan fingerprint density at radius 3 is 2.50 bits per heavy atom. The predicted molar refractivity (Wildman–Crippen MR) is 85.7 cm³/mol. The second-order valence-corrected chi connectivity index (χ2v) is 8.61. The molecule has 2 aromatic rings. The SMILES string of the molecule is Cc1cc(S(=O)(=O)N(C)c2ccc(Br)cc2F)sc1C(=O)O. The quantitative estimate of drug-likeness (QED) is 0.841. The Morgan fingerprint density at radius 2 is 2.00 bits per heavy atom. The minimum atomic E-state index is -4.03. The lowest BCUT2D eigenvalue weighted by atomic mass is 10.3.